The van der Waals surface area contributed by atoms with E-state index in [1.54, 1.807) is 18.3 Å². The highest BCUT2D eigenvalue weighted by Gasteiger charge is 2.58. The van der Waals surface area contributed by atoms with E-state index in [4.69, 9.17) is 4.74 Å². The van der Waals surface area contributed by atoms with Gasteiger partial charge in [0.1, 0.15) is 5.82 Å². The molecule has 3 aliphatic carbocycles. The van der Waals surface area contributed by atoms with Crippen molar-refractivity contribution in [3.05, 3.63) is 94.3 Å². The van der Waals surface area contributed by atoms with E-state index in [-0.39, 0.29) is 11.8 Å². The number of halogens is 1. The van der Waals surface area contributed by atoms with Crippen LogP contribution in [0.3, 0.4) is 0 Å². The predicted molar refractivity (Wildman–Crippen MR) is 143 cm³/mol. The summed E-state index contributed by atoms with van der Waals surface area (Å²) in [6, 6.07) is 8.22. The van der Waals surface area contributed by atoms with Crippen LogP contribution in [0.2, 0.25) is 0 Å². The fraction of sp³-hybridized carbons (Fsp3) is 0.387. The van der Waals surface area contributed by atoms with Gasteiger partial charge < -0.3 is 9.84 Å². The van der Waals surface area contributed by atoms with Crippen LogP contribution in [0, 0.1) is 11.2 Å². The molecule has 3 aliphatic rings. The molecular formula is C31H32FN3O3. The number of esters is 1. The van der Waals surface area contributed by atoms with Gasteiger partial charge in [0.15, 0.2) is 0 Å². The van der Waals surface area contributed by atoms with E-state index in [1.165, 1.54) is 24.8 Å². The molecule has 2 fully saturated rings. The molecule has 7 heteroatoms. The van der Waals surface area contributed by atoms with Gasteiger partial charge in [-0.3, -0.25) is 4.98 Å². The van der Waals surface area contributed by atoms with E-state index in [2.05, 4.69) is 29.7 Å². The van der Waals surface area contributed by atoms with Crippen molar-refractivity contribution >= 4 is 12.0 Å². The van der Waals surface area contributed by atoms with Crippen LogP contribution in [-0.2, 0) is 17.6 Å². The van der Waals surface area contributed by atoms with Gasteiger partial charge in [-0.2, -0.15) is 5.10 Å². The van der Waals surface area contributed by atoms with Gasteiger partial charge in [0.2, 0.25) is 0 Å². The summed E-state index contributed by atoms with van der Waals surface area (Å²) in [6.45, 7) is 6.51. The Morgan fingerprint density at radius 3 is 2.71 bits per heavy atom. The average Bonchev–Trinajstić information content (AvgIpc) is 3.64. The topological polar surface area (TPSA) is 77.2 Å². The van der Waals surface area contributed by atoms with Crippen LogP contribution in [0.5, 0.6) is 0 Å². The molecular weight excluding hydrogens is 481 g/mol. The lowest BCUT2D eigenvalue weighted by molar-refractivity contribution is -0.0188. The Bertz CT molecular complexity index is 1470. The van der Waals surface area contributed by atoms with E-state index in [0.717, 1.165) is 48.2 Å². The molecule has 3 aromatic rings. The minimum absolute atomic E-state index is 0.287. The highest BCUT2D eigenvalue weighted by molar-refractivity contribution is 5.92. The number of methoxy groups -OCH3 is 1. The third-order valence-corrected chi connectivity index (χ3v) is 8.96. The minimum Gasteiger partial charge on any atom is -0.465 e. The van der Waals surface area contributed by atoms with Gasteiger partial charge in [-0.25, -0.2) is 13.9 Å². The monoisotopic (exact) mass is 513 g/mol. The van der Waals surface area contributed by atoms with Crippen molar-refractivity contribution in [1.82, 2.24) is 14.8 Å². The lowest BCUT2D eigenvalue weighted by Gasteiger charge is -2.46. The molecule has 2 heterocycles. The Morgan fingerprint density at radius 1 is 1.26 bits per heavy atom. The highest BCUT2D eigenvalue weighted by atomic mass is 19.1. The maximum absolute atomic E-state index is 13.5. The Balaban J connectivity index is 1.35. The smallest absolute Gasteiger partial charge is 0.340 e. The number of nitrogens with zero attached hydrogens (tertiary/aromatic N) is 3. The lowest BCUT2D eigenvalue weighted by atomic mass is 9.61. The number of rotatable bonds is 7. The summed E-state index contributed by atoms with van der Waals surface area (Å²) in [5, 5.41) is 17.0. The molecule has 0 saturated heterocycles. The van der Waals surface area contributed by atoms with Crippen molar-refractivity contribution in [2.45, 2.75) is 63.4 Å². The highest BCUT2D eigenvalue weighted by Crippen LogP contribution is 2.60. The van der Waals surface area contributed by atoms with Crippen LogP contribution in [0.25, 0.3) is 11.8 Å². The van der Waals surface area contributed by atoms with Gasteiger partial charge in [-0.1, -0.05) is 19.1 Å². The van der Waals surface area contributed by atoms with Gasteiger partial charge in [0.05, 0.1) is 41.5 Å². The zero-order chi connectivity index (χ0) is 26.7. The standard InChI is InChI=1S/C31H32FN3O3/c1-4-30-17-21-18-34-35(24-9-7-23(32)8-10-24)27(21)16-22(30)11-13-31(30,37)19(2)15-26-28(29(36)38-3)25(12-14-33-26)20-5-6-20/h7-10,12,14,16,18,20,37H,2,4-6,11,13,15,17H2,1,3H3/t30-,31+/m0/s1. The zero-order valence-corrected chi connectivity index (χ0v) is 21.8. The molecule has 196 valence electrons. The molecule has 2 saturated carbocycles. The van der Waals surface area contributed by atoms with Crippen molar-refractivity contribution in [2.24, 2.45) is 5.41 Å². The van der Waals surface area contributed by atoms with Crippen LogP contribution < -0.4 is 0 Å². The molecule has 0 unspecified atom stereocenters. The van der Waals surface area contributed by atoms with Crippen LogP contribution >= 0.6 is 0 Å². The zero-order valence-electron chi connectivity index (χ0n) is 21.8. The van der Waals surface area contributed by atoms with Crippen molar-refractivity contribution in [1.29, 1.82) is 0 Å². The number of ether oxygens (including phenoxy) is 1. The fourth-order valence-corrected chi connectivity index (χ4v) is 6.73. The van der Waals surface area contributed by atoms with E-state index < -0.39 is 11.0 Å². The summed E-state index contributed by atoms with van der Waals surface area (Å²) in [7, 11) is 1.39. The molecule has 6 rings (SSSR count). The molecule has 0 radical (unpaired) electrons. The SMILES string of the molecule is C=C(Cc1nccc(C2CC2)c1C(=O)OC)[C@]1(O)CCC2=Cc3c(cnn3-c3ccc(F)cc3)C[C@@]21CC. The molecule has 2 aromatic heterocycles. The maximum atomic E-state index is 13.5. The third kappa shape index (κ3) is 3.67. The molecule has 0 spiro atoms. The molecule has 6 nitrogen and oxygen atoms in total. The van der Waals surface area contributed by atoms with Crippen LogP contribution in [0.4, 0.5) is 4.39 Å². The number of hydrogen-bond donors (Lipinski definition) is 1. The Hall–Kier alpha value is -3.58. The van der Waals surface area contributed by atoms with Gasteiger partial charge in [-0.15, -0.1) is 0 Å². The van der Waals surface area contributed by atoms with E-state index in [9.17, 15) is 14.3 Å². The Morgan fingerprint density at radius 2 is 2.03 bits per heavy atom. The van der Waals surface area contributed by atoms with Gasteiger partial charge in [0.25, 0.3) is 0 Å². The Labute approximate surface area is 221 Å². The number of pyridine rings is 1. The summed E-state index contributed by atoms with van der Waals surface area (Å²) in [5.74, 6) is -0.313. The lowest BCUT2D eigenvalue weighted by Crippen LogP contribution is -2.48. The number of benzene rings is 1. The Kier molecular flexibility index (Phi) is 5.87. The van der Waals surface area contributed by atoms with Gasteiger partial charge in [0, 0.05) is 18.0 Å². The minimum atomic E-state index is -1.16. The number of carbonyl (C=O) groups is 1. The summed E-state index contributed by atoms with van der Waals surface area (Å²) < 4.78 is 20.5. The number of aliphatic hydroxyl groups is 1. The number of carbonyl (C=O) groups excluding carboxylic acids is 1. The molecule has 0 bridgehead atoms. The summed E-state index contributed by atoms with van der Waals surface area (Å²) in [5.41, 5.74) is 5.08. The summed E-state index contributed by atoms with van der Waals surface area (Å²) >= 11 is 0. The van der Waals surface area contributed by atoms with E-state index in [0.29, 0.717) is 42.0 Å². The molecule has 1 N–H and O–H groups in total. The molecule has 2 atom stereocenters. The largest absolute Gasteiger partial charge is 0.465 e. The second kappa shape index (κ2) is 9.02. The molecule has 0 aliphatic heterocycles. The molecule has 1 aromatic carbocycles. The summed E-state index contributed by atoms with van der Waals surface area (Å²) in [6.07, 6.45) is 10.8. The first-order chi connectivity index (χ1) is 18.3. The summed E-state index contributed by atoms with van der Waals surface area (Å²) in [4.78, 5) is 17.4. The normalized spacial score (nSPS) is 23.9. The van der Waals surface area contributed by atoms with Crippen LogP contribution in [-0.4, -0.2) is 38.6 Å². The van der Waals surface area contributed by atoms with Crippen molar-refractivity contribution in [3.63, 3.8) is 0 Å². The van der Waals surface area contributed by atoms with E-state index in [1.807, 2.05) is 16.9 Å². The third-order valence-electron chi connectivity index (χ3n) is 8.96. The molecule has 38 heavy (non-hydrogen) atoms. The van der Waals surface area contributed by atoms with E-state index >= 15 is 0 Å². The van der Waals surface area contributed by atoms with Crippen molar-refractivity contribution < 1.29 is 19.0 Å². The fourth-order valence-electron chi connectivity index (χ4n) is 6.73. The average molecular weight is 514 g/mol. The first-order valence-electron chi connectivity index (χ1n) is 13.3. The second-order valence-corrected chi connectivity index (χ2v) is 10.9. The number of fused-ring (bicyclic) bond motifs is 2. The quantitative estimate of drug-likeness (QED) is 0.323. The van der Waals surface area contributed by atoms with Crippen molar-refractivity contribution in [3.8, 4) is 5.69 Å². The maximum Gasteiger partial charge on any atom is 0.340 e. The van der Waals surface area contributed by atoms with Crippen LogP contribution in [0.15, 0.2) is 60.5 Å². The first kappa shape index (κ1) is 24.7. The van der Waals surface area contributed by atoms with Crippen LogP contribution in [0.1, 0.15) is 77.8 Å². The predicted octanol–water partition coefficient (Wildman–Crippen LogP) is 5.73. The van der Waals surface area contributed by atoms with Crippen molar-refractivity contribution in [2.75, 3.05) is 7.11 Å². The second-order valence-electron chi connectivity index (χ2n) is 10.9. The van der Waals surface area contributed by atoms with Gasteiger partial charge >= 0.3 is 5.97 Å². The number of aromatic nitrogens is 3. The first-order valence-corrected chi connectivity index (χ1v) is 13.3. The van der Waals surface area contributed by atoms with Gasteiger partial charge in [-0.05, 0) is 97.6 Å². The number of hydrogen-bond acceptors (Lipinski definition) is 5. The molecule has 0 amide bonds.